The average molecular weight is 429 g/mol. The van der Waals surface area contributed by atoms with Gasteiger partial charge >= 0.3 is 0 Å². The Morgan fingerprint density at radius 2 is 1.34 bits per heavy atom. The number of aromatic nitrogens is 2. The van der Waals surface area contributed by atoms with Crippen molar-refractivity contribution in [2.75, 3.05) is 31.1 Å². The van der Waals surface area contributed by atoms with Crippen molar-refractivity contribution in [3.8, 4) is 0 Å². The lowest BCUT2D eigenvalue weighted by molar-refractivity contribution is -0.132. The Labute approximate surface area is 191 Å². The van der Waals surface area contributed by atoms with E-state index in [2.05, 4.69) is 30.7 Å². The number of amides is 1. The molecule has 3 aromatic rings. The van der Waals surface area contributed by atoms with Crippen LogP contribution in [0.15, 0.2) is 60.7 Å². The standard InChI is InChI=1S/C27H32N4O/c1-19(2)24-20(3)28-21(4)29-26(24)30-15-17-31(18-16-30)27(32)25(22-11-7-5-8-12-22)23-13-9-6-10-14-23/h5-14,19,25H,15-18H2,1-4H3. The Bertz CT molecular complexity index is 1020. The summed E-state index contributed by atoms with van der Waals surface area (Å²) in [7, 11) is 0. The van der Waals surface area contributed by atoms with Gasteiger partial charge in [0.1, 0.15) is 11.6 Å². The molecule has 0 spiro atoms. The van der Waals surface area contributed by atoms with Crippen molar-refractivity contribution in [3.05, 3.63) is 88.9 Å². The number of aryl methyl sites for hydroxylation is 2. The molecule has 0 atom stereocenters. The minimum Gasteiger partial charge on any atom is -0.353 e. The minimum absolute atomic E-state index is 0.168. The Kier molecular flexibility index (Phi) is 6.54. The molecular formula is C27H32N4O. The van der Waals surface area contributed by atoms with Crippen LogP contribution in [0.4, 0.5) is 5.82 Å². The first kappa shape index (κ1) is 22.0. The second-order valence-corrected chi connectivity index (χ2v) is 8.81. The molecule has 0 saturated carbocycles. The fraction of sp³-hybridized carbons (Fsp3) is 0.370. The first-order valence-corrected chi connectivity index (χ1v) is 11.4. The molecular weight excluding hydrogens is 396 g/mol. The lowest BCUT2D eigenvalue weighted by atomic mass is 9.90. The van der Waals surface area contributed by atoms with Crippen LogP contribution in [0.3, 0.4) is 0 Å². The van der Waals surface area contributed by atoms with Gasteiger partial charge < -0.3 is 9.80 Å². The van der Waals surface area contributed by atoms with Gasteiger partial charge in [-0.15, -0.1) is 0 Å². The van der Waals surface area contributed by atoms with Crippen molar-refractivity contribution in [2.24, 2.45) is 0 Å². The number of benzene rings is 2. The molecule has 1 saturated heterocycles. The zero-order valence-corrected chi connectivity index (χ0v) is 19.5. The number of rotatable bonds is 5. The third-order valence-corrected chi connectivity index (χ3v) is 6.21. The van der Waals surface area contributed by atoms with Gasteiger partial charge in [0.15, 0.2) is 0 Å². The van der Waals surface area contributed by atoms with Crippen LogP contribution >= 0.6 is 0 Å². The van der Waals surface area contributed by atoms with Gasteiger partial charge in [0.05, 0.1) is 5.92 Å². The molecule has 0 unspecified atom stereocenters. The summed E-state index contributed by atoms with van der Waals surface area (Å²) in [6.07, 6.45) is 0. The number of anilines is 1. The molecule has 1 fully saturated rings. The Balaban J connectivity index is 1.56. The van der Waals surface area contributed by atoms with Crippen LogP contribution in [0.2, 0.25) is 0 Å². The molecule has 0 N–H and O–H groups in total. The second-order valence-electron chi connectivity index (χ2n) is 8.81. The molecule has 1 aromatic heterocycles. The van der Waals surface area contributed by atoms with E-state index in [4.69, 9.17) is 4.98 Å². The maximum atomic E-state index is 13.7. The van der Waals surface area contributed by atoms with Crippen molar-refractivity contribution in [3.63, 3.8) is 0 Å². The van der Waals surface area contributed by atoms with Crippen molar-refractivity contribution < 1.29 is 4.79 Å². The third-order valence-electron chi connectivity index (χ3n) is 6.21. The first-order valence-electron chi connectivity index (χ1n) is 11.4. The van der Waals surface area contributed by atoms with E-state index in [-0.39, 0.29) is 11.8 Å². The molecule has 0 aliphatic carbocycles. The second kappa shape index (κ2) is 9.51. The van der Waals surface area contributed by atoms with Crippen molar-refractivity contribution in [1.82, 2.24) is 14.9 Å². The number of piperazine rings is 1. The van der Waals surface area contributed by atoms with Crippen molar-refractivity contribution in [2.45, 2.75) is 39.5 Å². The van der Waals surface area contributed by atoms with Crippen LogP contribution in [0.5, 0.6) is 0 Å². The molecule has 1 amide bonds. The van der Waals surface area contributed by atoms with E-state index in [0.717, 1.165) is 41.6 Å². The molecule has 5 heteroatoms. The summed E-state index contributed by atoms with van der Waals surface area (Å²) in [5, 5.41) is 0. The summed E-state index contributed by atoms with van der Waals surface area (Å²) in [6.45, 7) is 11.3. The molecule has 32 heavy (non-hydrogen) atoms. The van der Waals surface area contributed by atoms with E-state index in [9.17, 15) is 4.79 Å². The van der Waals surface area contributed by atoms with E-state index in [1.54, 1.807) is 0 Å². The fourth-order valence-electron chi connectivity index (χ4n) is 4.71. The number of hydrogen-bond acceptors (Lipinski definition) is 4. The quantitative estimate of drug-likeness (QED) is 0.591. The van der Waals surface area contributed by atoms with Gasteiger partial charge in [-0.2, -0.15) is 0 Å². The number of carbonyl (C=O) groups excluding carboxylic acids is 1. The number of carbonyl (C=O) groups is 1. The highest BCUT2D eigenvalue weighted by Crippen LogP contribution is 2.31. The maximum absolute atomic E-state index is 13.7. The highest BCUT2D eigenvalue weighted by molar-refractivity contribution is 5.87. The number of nitrogens with zero attached hydrogens (tertiary/aromatic N) is 4. The summed E-state index contributed by atoms with van der Waals surface area (Å²) < 4.78 is 0. The van der Waals surface area contributed by atoms with E-state index < -0.39 is 0 Å². The van der Waals surface area contributed by atoms with Crippen LogP contribution in [0, 0.1) is 13.8 Å². The summed E-state index contributed by atoms with van der Waals surface area (Å²) >= 11 is 0. The highest BCUT2D eigenvalue weighted by Gasteiger charge is 2.31. The van der Waals surface area contributed by atoms with Gasteiger partial charge in [0.2, 0.25) is 5.91 Å². The van der Waals surface area contributed by atoms with E-state index in [1.807, 2.05) is 72.5 Å². The molecule has 0 bridgehead atoms. The van der Waals surface area contributed by atoms with E-state index >= 15 is 0 Å². The van der Waals surface area contributed by atoms with Gasteiger partial charge in [0.25, 0.3) is 0 Å². The largest absolute Gasteiger partial charge is 0.353 e. The summed E-state index contributed by atoms with van der Waals surface area (Å²) in [5.74, 6) is 2.07. The Morgan fingerprint density at radius 3 is 1.84 bits per heavy atom. The Morgan fingerprint density at radius 1 is 0.812 bits per heavy atom. The van der Waals surface area contributed by atoms with Crippen LogP contribution in [-0.4, -0.2) is 47.0 Å². The predicted octanol–water partition coefficient (Wildman–Crippen LogP) is 4.70. The lowest BCUT2D eigenvalue weighted by Crippen LogP contribution is -2.50. The topological polar surface area (TPSA) is 49.3 Å². The average Bonchev–Trinajstić information content (AvgIpc) is 2.80. The highest BCUT2D eigenvalue weighted by atomic mass is 16.2. The van der Waals surface area contributed by atoms with Gasteiger partial charge in [0, 0.05) is 37.4 Å². The zero-order chi connectivity index (χ0) is 22.7. The van der Waals surface area contributed by atoms with Gasteiger partial charge in [-0.3, -0.25) is 4.79 Å². The van der Waals surface area contributed by atoms with Crippen LogP contribution in [-0.2, 0) is 4.79 Å². The summed E-state index contributed by atoms with van der Waals surface area (Å²) in [4.78, 5) is 27.4. The summed E-state index contributed by atoms with van der Waals surface area (Å²) in [5.41, 5.74) is 4.33. The maximum Gasteiger partial charge on any atom is 0.234 e. The monoisotopic (exact) mass is 428 g/mol. The van der Waals surface area contributed by atoms with Crippen molar-refractivity contribution >= 4 is 11.7 Å². The van der Waals surface area contributed by atoms with Crippen LogP contribution in [0.25, 0.3) is 0 Å². The normalized spacial score (nSPS) is 14.3. The fourth-order valence-corrected chi connectivity index (χ4v) is 4.71. The van der Waals surface area contributed by atoms with E-state index in [0.29, 0.717) is 19.0 Å². The molecule has 2 aromatic carbocycles. The van der Waals surface area contributed by atoms with Gasteiger partial charge in [-0.1, -0.05) is 74.5 Å². The molecule has 2 heterocycles. The van der Waals surface area contributed by atoms with Crippen LogP contribution < -0.4 is 4.90 Å². The predicted molar refractivity (Wildman–Crippen MR) is 129 cm³/mol. The third kappa shape index (κ3) is 4.52. The van der Waals surface area contributed by atoms with Gasteiger partial charge in [-0.25, -0.2) is 9.97 Å². The minimum atomic E-state index is -0.279. The molecule has 1 aliphatic rings. The lowest BCUT2D eigenvalue weighted by Gasteiger charge is -2.38. The summed E-state index contributed by atoms with van der Waals surface area (Å²) in [6, 6.07) is 20.2. The first-order chi connectivity index (χ1) is 15.5. The molecule has 166 valence electrons. The number of hydrogen-bond donors (Lipinski definition) is 0. The van der Waals surface area contributed by atoms with E-state index in [1.165, 1.54) is 5.56 Å². The van der Waals surface area contributed by atoms with Gasteiger partial charge in [-0.05, 0) is 30.9 Å². The smallest absolute Gasteiger partial charge is 0.234 e. The zero-order valence-electron chi connectivity index (χ0n) is 19.5. The molecule has 5 nitrogen and oxygen atoms in total. The molecule has 1 aliphatic heterocycles. The SMILES string of the molecule is Cc1nc(C)c(C(C)C)c(N2CCN(C(=O)C(c3ccccc3)c3ccccc3)CC2)n1. The van der Waals surface area contributed by atoms with Crippen molar-refractivity contribution in [1.29, 1.82) is 0 Å². The Hall–Kier alpha value is -3.21. The van der Waals surface area contributed by atoms with Crippen LogP contribution in [0.1, 0.15) is 53.9 Å². The molecule has 0 radical (unpaired) electrons. The molecule has 4 rings (SSSR count).